The number of carbonyl (C=O) groups is 1. The molecule has 3 rings (SSSR count). The Hall–Kier alpha value is -1.20. The average Bonchev–Trinajstić information content (AvgIpc) is 3.23. The van der Waals surface area contributed by atoms with Crippen molar-refractivity contribution >= 4 is 21.8 Å². The Bertz CT molecular complexity index is 613. The van der Waals surface area contributed by atoms with E-state index < -0.39 is 0 Å². The number of rotatable bonds is 5. The monoisotopic (exact) mass is 380 g/mol. The van der Waals surface area contributed by atoms with E-state index in [9.17, 15) is 9.18 Å². The molecule has 124 valence electrons. The molecule has 0 radical (unpaired) electrons. The molecular weight excluding hydrogens is 359 g/mol. The van der Waals surface area contributed by atoms with Crippen LogP contribution in [0.1, 0.15) is 24.8 Å². The van der Waals surface area contributed by atoms with Gasteiger partial charge in [-0.25, -0.2) is 4.39 Å². The molecule has 3 nitrogen and oxygen atoms in total. The number of piperidine rings is 1. The summed E-state index contributed by atoms with van der Waals surface area (Å²) < 4.78 is 14.8. The number of hydrogen-bond donors (Lipinski definition) is 1. The number of nitrogens with one attached hydrogen (secondary N) is 1. The number of nitrogens with zero attached hydrogens (tertiary/aromatic N) is 1. The fourth-order valence-corrected chi connectivity index (χ4v) is 4.06. The minimum absolute atomic E-state index is 0.0970. The third-order valence-corrected chi connectivity index (χ3v) is 5.61. The van der Waals surface area contributed by atoms with E-state index in [1.54, 1.807) is 23.1 Å². The predicted molar refractivity (Wildman–Crippen MR) is 92.4 cm³/mol. The third-order valence-electron chi connectivity index (χ3n) is 5.12. The molecule has 1 aliphatic carbocycles. The molecule has 0 aromatic heterocycles. The first-order chi connectivity index (χ1) is 11.1. The van der Waals surface area contributed by atoms with Crippen LogP contribution in [0.3, 0.4) is 0 Å². The topological polar surface area (TPSA) is 32.3 Å². The van der Waals surface area contributed by atoms with Crippen LogP contribution >= 0.6 is 15.9 Å². The minimum atomic E-state index is -0.276. The maximum Gasteiger partial charge on any atom is 0.226 e. The SMILES string of the molecule is C=CCN(Cc1cc(Br)ccc1F)C(=O)C1CC12CCNCC2. The highest BCUT2D eigenvalue weighted by molar-refractivity contribution is 9.10. The van der Waals surface area contributed by atoms with E-state index in [0.717, 1.165) is 36.8 Å². The lowest BCUT2D eigenvalue weighted by Crippen LogP contribution is -2.36. The highest BCUT2D eigenvalue weighted by atomic mass is 79.9. The zero-order valence-corrected chi connectivity index (χ0v) is 14.7. The molecule has 1 aromatic carbocycles. The summed E-state index contributed by atoms with van der Waals surface area (Å²) in [7, 11) is 0. The molecule has 1 saturated heterocycles. The van der Waals surface area contributed by atoms with Gasteiger partial charge in [0.25, 0.3) is 0 Å². The second kappa shape index (κ2) is 6.73. The molecule has 1 N–H and O–H groups in total. The standard InChI is InChI=1S/C18H22BrFN2O/c1-2-9-22(12-13-10-14(19)3-4-16(13)20)17(23)15-11-18(15)5-7-21-8-6-18/h2-4,10,15,21H,1,5-9,11-12H2. The van der Waals surface area contributed by atoms with Crippen molar-refractivity contribution in [2.75, 3.05) is 19.6 Å². The lowest BCUT2D eigenvalue weighted by Gasteiger charge is -2.26. The maximum absolute atomic E-state index is 14.0. The quantitative estimate of drug-likeness (QED) is 0.792. The summed E-state index contributed by atoms with van der Waals surface area (Å²) in [5.74, 6) is -0.0339. The van der Waals surface area contributed by atoms with Gasteiger partial charge in [0, 0.05) is 29.0 Å². The van der Waals surface area contributed by atoms with Gasteiger partial charge in [0.2, 0.25) is 5.91 Å². The van der Waals surface area contributed by atoms with Crippen molar-refractivity contribution in [2.45, 2.75) is 25.8 Å². The second-order valence-electron chi connectivity index (χ2n) is 6.61. The molecule has 1 unspecified atom stereocenters. The zero-order chi connectivity index (χ0) is 16.4. The van der Waals surface area contributed by atoms with Gasteiger partial charge in [0.1, 0.15) is 5.82 Å². The zero-order valence-electron chi connectivity index (χ0n) is 13.2. The van der Waals surface area contributed by atoms with Crippen molar-refractivity contribution in [3.05, 3.63) is 46.7 Å². The van der Waals surface area contributed by atoms with Gasteiger partial charge in [0.05, 0.1) is 0 Å². The Morgan fingerprint density at radius 3 is 2.91 bits per heavy atom. The predicted octanol–water partition coefficient (Wildman–Crippen LogP) is 3.49. The van der Waals surface area contributed by atoms with E-state index in [1.165, 1.54) is 6.07 Å². The molecule has 2 fully saturated rings. The van der Waals surface area contributed by atoms with E-state index in [0.29, 0.717) is 18.7 Å². The van der Waals surface area contributed by atoms with Gasteiger partial charge in [-0.2, -0.15) is 0 Å². The van der Waals surface area contributed by atoms with Crippen LogP contribution in [0, 0.1) is 17.2 Å². The third kappa shape index (κ3) is 3.50. The summed E-state index contributed by atoms with van der Waals surface area (Å²) in [6.07, 6.45) is 4.82. The van der Waals surface area contributed by atoms with Crippen LogP contribution in [0.15, 0.2) is 35.3 Å². The van der Waals surface area contributed by atoms with Crippen LogP contribution in [0.2, 0.25) is 0 Å². The first-order valence-corrected chi connectivity index (χ1v) is 8.89. The van der Waals surface area contributed by atoms with Gasteiger partial charge in [-0.15, -0.1) is 6.58 Å². The van der Waals surface area contributed by atoms with Crippen LogP contribution in [0.5, 0.6) is 0 Å². The average molecular weight is 381 g/mol. The van der Waals surface area contributed by atoms with E-state index in [1.807, 2.05) is 0 Å². The molecule has 1 aliphatic heterocycles. The summed E-state index contributed by atoms with van der Waals surface area (Å²) in [5, 5.41) is 3.35. The Kier molecular flexibility index (Phi) is 4.87. The van der Waals surface area contributed by atoms with Crippen LogP contribution in [-0.2, 0) is 11.3 Å². The van der Waals surface area contributed by atoms with Crippen LogP contribution in [0.25, 0.3) is 0 Å². The molecule has 5 heteroatoms. The first kappa shape index (κ1) is 16.7. The second-order valence-corrected chi connectivity index (χ2v) is 7.53. The molecule has 1 spiro atoms. The molecule has 1 saturated carbocycles. The molecule has 1 atom stereocenters. The van der Waals surface area contributed by atoms with Crippen LogP contribution in [0.4, 0.5) is 4.39 Å². The molecular formula is C18H22BrFN2O. The molecule has 23 heavy (non-hydrogen) atoms. The summed E-state index contributed by atoms with van der Waals surface area (Å²) in [5.41, 5.74) is 0.729. The molecule has 2 aliphatic rings. The van der Waals surface area contributed by atoms with Gasteiger partial charge >= 0.3 is 0 Å². The number of hydrogen-bond acceptors (Lipinski definition) is 2. The smallest absolute Gasteiger partial charge is 0.226 e. The normalized spacial score (nSPS) is 21.9. The van der Waals surface area contributed by atoms with Crippen molar-refractivity contribution in [3.63, 3.8) is 0 Å². The van der Waals surface area contributed by atoms with Crippen molar-refractivity contribution in [1.82, 2.24) is 10.2 Å². The van der Waals surface area contributed by atoms with Crippen molar-refractivity contribution in [1.29, 1.82) is 0 Å². The van der Waals surface area contributed by atoms with E-state index in [2.05, 4.69) is 27.8 Å². The fourth-order valence-electron chi connectivity index (χ4n) is 3.65. The summed E-state index contributed by atoms with van der Waals surface area (Å²) in [6.45, 7) is 6.47. The van der Waals surface area contributed by atoms with Gasteiger partial charge < -0.3 is 10.2 Å². The van der Waals surface area contributed by atoms with Crippen LogP contribution < -0.4 is 5.32 Å². The highest BCUT2D eigenvalue weighted by Gasteiger charge is 2.58. The molecule has 0 bridgehead atoms. The van der Waals surface area contributed by atoms with Crippen molar-refractivity contribution in [3.8, 4) is 0 Å². The Morgan fingerprint density at radius 2 is 2.22 bits per heavy atom. The Labute approximate surface area is 145 Å². The first-order valence-electron chi connectivity index (χ1n) is 8.10. The summed E-state index contributed by atoms with van der Waals surface area (Å²) in [6, 6.07) is 4.84. The van der Waals surface area contributed by atoms with Crippen LogP contribution in [-0.4, -0.2) is 30.4 Å². The molecule has 1 heterocycles. The largest absolute Gasteiger partial charge is 0.334 e. The van der Waals surface area contributed by atoms with E-state index >= 15 is 0 Å². The minimum Gasteiger partial charge on any atom is -0.334 e. The van der Waals surface area contributed by atoms with Gasteiger partial charge in [-0.1, -0.05) is 22.0 Å². The summed E-state index contributed by atoms with van der Waals surface area (Å²) >= 11 is 3.36. The number of carbonyl (C=O) groups excluding carboxylic acids is 1. The Morgan fingerprint density at radius 1 is 1.48 bits per heavy atom. The van der Waals surface area contributed by atoms with Crippen molar-refractivity contribution < 1.29 is 9.18 Å². The van der Waals surface area contributed by atoms with E-state index in [4.69, 9.17) is 0 Å². The lowest BCUT2D eigenvalue weighted by atomic mass is 9.91. The fraction of sp³-hybridized carbons (Fsp3) is 0.500. The molecule has 1 amide bonds. The lowest BCUT2D eigenvalue weighted by molar-refractivity contribution is -0.133. The van der Waals surface area contributed by atoms with Crippen molar-refractivity contribution in [2.24, 2.45) is 11.3 Å². The number of halogens is 2. The van der Waals surface area contributed by atoms with Gasteiger partial charge in [0.15, 0.2) is 0 Å². The number of amides is 1. The Balaban J connectivity index is 1.72. The van der Waals surface area contributed by atoms with E-state index in [-0.39, 0.29) is 23.1 Å². The number of benzene rings is 1. The maximum atomic E-state index is 14.0. The van der Waals surface area contributed by atoms with Gasteiger partial charge in [-0.3, -0.25) is 4.79 Å². The van der Waals surface area contributed by atoms with Gasteiger partial charge in [-0.05, 0) is 56.0 Å². The highest BCUT2D eigenvalue weighted by Crippen LogP contribution is 2.59. The molecule has 1 aromatic rings. The summed E-state index contributed by atoms with van der Waals surface area (Å²) in [4.78, 5) is 14.6.